The molecule has 0 bridgehead atoms. The number of anilines is 1. The van der Waals surface area contributed by atoms with Crippen LogP contribution in [0, 0.1) is 6.92 Å². The number of aromatic nitrogens is 2. The first kappa shape index (κ1) is 9.45. The van der Waals surface area contributed by atoms with Crippen LogP contribution in [0.5, 0.6) is 11.6 Å². The minimum atomic E-state index is 0.464. The third kappa shape index (κ3) is 2.04. The van der Waals surface area contributed by atoms with Gasteiger partial charge in [0, 0.05) is 23.5 Å². The molecular formula is C11H11N3O. The number of nitrogens with zero attached hydrogens (tertiary/aromatic N) is 2. The van der Waals surface area contributed by atoms with E-state index in [2.05, 4.69) is 10.2 Å². The van der Waals surface area contributed by atoms with Gasteiger partial charge in [-0.2, -0.15) is 5.10 Å². The molecule has 76 valence electrons. The minimum Gasteiger partial charge on any atom is -0.437 e. The topological polar surface area (TPSA) is 61.0 Å². The highest BCUT2D eigenvalue weighted by Gasteiger charge is 2.03. The Morgan fingerprint density at radius 2 is 2.07 bits per heavy atom. The lowest BCUT2D eigenvalue weighted by atomic mass is 10.2. The fourth-order valence-electron chi connectivity index (χ4n) is 1.20. The molecule has 4 heteroatoms. The van der Waals surface area contributed by atoms with Gasteiger partial charge in [-0.1, -0.05) is 6.07 Å². The Bertz CT molecular complexity index is 457. The second kappa shape index (κ2) is 3.96. The van der Waals surface area contributed by atoms with Gasteiger partial charge in [0.1, 0.15) is 5.75 Å². The van der Waals surface area contributed by atoms with E-state index in [1.54, 1.807) is 18.3 Å². The summed E-state index contributed by atoms with van der Waals surface area (Å²) in [6.07, 6.45) is 1.60. The van der Waals surface area contributed by atoms with E-state index in [9.17, 15) is 0 Å². The van der Waals surface area contributed by atoms with E-state index in [0.29, 0.717) is 17.3 Å². The average molecular weight is 201 g/mol. The van der Waals surface area contributed by atoms with Crippen LogP contribution in [0.15, 0.2) is 36.5 Å². The van der Waals surface area contributed by atoms with E-state index in [-0.39, 0.29) is 0 Å². The summed E-state index contributed by atoms with van der Waals surface area (Å²) >= 11 is 0. The lowest BCUT2D eigenvalue weighted by molar-refractivity contribution is 0.452. The molecule has 15 heavy (non-hydrogen) atoms. The Labute approximate surface area is 87.7 Å². The van der Waals surface area contributed by atoms with Gasteiger partial charge in [0.15, 0.2) is 0 Å². The van der Waals surface area contributed by atoms with Crippen LogP contribution in [0.1, 0.15) is 5.56 Å². The van der Waals surface area contributed by atoms with Crippen LogP contribution in [0.2, 0.25) is 0 Å². The zero-order valence-corrected chi connectivity index (χ0v) is 8.34. The summed E-state index contributed by atoms with van der Waals surface area (Å²) in [7, 11) is 0. The van der Waals surface area contributed by atoms with Crippen molar-refractivity contribution in [2.75, 3.05) is 5.73 Å². The van der Waals surface area contributed by atoms with Crippen LogP contribution in [0.4, 0.5) is 5.69 Å². The van der Waals surface area contributed by atoms with Gasteiger partial charge in [-0.25, -0.2) is 0 Å². The monoisotopic (exact) mass is 201 g/mol. The summed E-state index contributed by atoms with van der Waals surface area (Å²) in [5.74, 6) is 1.17. The molecule has 2 N–H and O–H groups in total. The van der Waals surface area contributed by atoms with E-state index in [4.69, 9.17) is 10.5 Å². The van der Waals surface area contributed by atoms with Crippen molar-refractivity contribution in [2.24, 2.45) is 0 Å². The van der Waals surface area contributed by atoms with E-state index in [1.165, 1.54) is 0 Å². The Balaban J connectivity index is 2.29. The summed E-state index contributed by atoms with van der Waals surface area (Å²) < 4.78 is 5.54. The van der Waals surface area contributed by atoms with E-state index < -0.39 is 0 Å². The number of benzene rings is 1. The molecule has 0 aliphatic carbocycles. The van der Waals surface area contributed by atoms with Gasteiger partial charge in [-0.3, -0.25) is 0 Å². The molecule has 0 fully saturated rings. The number of nitrogen functional groups attached to an aromatic ring is 1. The molecule has 0 saturated heterocycles. The van der Waals surface area contributed by atoms with Crippen LogP contribution >= 0.6 is 0 Å². The highest BCUT2D eigenvalue weighted by atomic mass is 16.5. The number of rotatable bonds is 2. The quantitative estimate of drug-likeness (QED) is 0.756. The summed E-state index contributed by atoms with van der Waals surface area (Å²) in [5.41, 5.74) is 7.37. The molecule has 4 nitrogen and oxygen atoms in total. The van der Waals surface area contributed by atoms with Crippen LogP contribution in [-0.2, 0) is 0 Å². The molecule has 0 atom stereocenters. The number of hydrogen-bond acceptors (Lipinski definition) is 4. The molecule has 0 unspecified atom stereocenters. The molecule has 1 heterocycles. The number of ether oxygens (including phenoxy) is 1. The Kier molecular flexibility index (Phi) is 2.49. The SMILES string of the molecule is Cc1c(N)cccc1Oc1cccnn1. The predicted octanol–water partition coefficient (Wildman–Crippen LogP) is 2.16. The van der Waals surface area contributed by atoms with Crippen LogP contribution in [0.3, 0.4) is 0 Å². The molecule has 0 aliphatic rings. The first-order chi connectivity index (χ1) is 7.27. The van der Waals surface area contributed by atoms with Crippen molar-refractivity contribution < 1.29 is 4.74 Å². The van der Waals surface area contributed by atoms with Crippen LogP contribution < -0.4 is 10.5 Å². The second-order valence-corrected chi connectivity index (χ2v) is 3.13. The standard InChI is InChI=1S/C11H11N3O/c1-8-9(12)4-2-5-10(8)15-11-6-3-7-13-14-11/h2-7H,12H2,1H3. The predicted molar refractivity (Wildman–Crippen MR) is 57.7 cm³/mol. The van der Waals surface area contributed by atoms with Crippen LogP contribution in [-0.4, -0.2) is 10.2 Å². The first-order valence-corrected chi connectivity index (χ1v) is 4.58. The van der Waals surface area contributed by atoms with Crippen molar-refractivity contribution in [3.63, 3.8) is 0 Å². The fraction of sp³-hybridized carbons (Fsp3) is 0.0909. The normalized spacial score (nSPS) is 9.93. The summed E-state index contributed by atoms with van der Waals surface area (Å²) in [6, 6.07) is 9.03. The molecule has 0 spiro atoms. The minimum absolute atomic E-state index is 0.464. The zero-order chi connectivity index (χ0) is 10.7. The molecule has 0 saturated carbocycles. The maximum Gasteiger partial charge on any atom is 0.238 e. The molecule has 2 aromatic rings. The summed E-state index contributed by atoms with van der Waals surface area (Å²) in [5, 5.41) is 7.56. The summed E-state index contributed by atoms with van der Waals surface area (Å²) in [4.78, 5) is 0. The fourth-order valence-corrected chi connectivity index (χ4v) is 1.20. The molecule has 2 rings (SSSR count). The molecule has 0 aliphatic heterocycles. The maximum absolute atomic E-state index is 5.76. The molecule has 1 aromatic heterocycles. The van der Waals surface area contributed by atoms with Crippen molar-refractivity contribution >= 4 is 5.69 Å². The molecule has 1 aromatic carbocycles. The molecule has 0 amide bonds. The maximum atomic E-state index is 5.76. The molecule has 0 radical (unpaired) electrons. The third-order valence-corrected chi connectivity index (χ3v) is 2.09. The van der Waals surface area contributed by atoms with Crippen molar-refractivity contribution in [3.8, 4) is 11.6 Å². The van der Waals surface area contributed by atoms with E-state index in [0.717, 1.165) is 5.56 Å². The smallest absolute Gasteiger partial charge is 0.238 e. The largest absolute Gasteiger partial charge is 0.437 e. The van der Waals surface area contributed by atoms with Gasteiger partial charge >= 0.3 is 0 Å². The second-order valence-electron chi connectivity index (χ2n) is 3.13. The van der Waals surface area contributed by atoms with Gasteiger partial charge in [0.05, 0.1) is 0 Å². The van der Waals surface area contributed by atoms with Crippen LogP contribution in [0.25, 0.3) is 0 Å². The Morgan fingerprint density at radius 1 is 1.20 bits per heavy atom. The van der Waals surface area contributed by atoms with Crippen molar-refractivity contribution in [2.45, 2.75) is 6.92 Å². The van der Waals surface area contributed by atoms with Gasteiger partial charge in [-0.05, 0) is 25.1 Å². The van der Waals surface area contributed by atoms with Crippen molar-refractivity contribution in [1.29, 1.82) is 0 Å². The summed E-state index contributed by atoms with van der Waals surface area (Å²) in [6.45, 7) is 1.90. The zero-order valence-electron chi connectivity index (χ0n) is 8.34. The highest BCUT2D eigenvalue weighted by molar-refractivity contribution is 5.53. The lowest BCUT2D eigenvalue weighted by Crippen LogP contribution is -1.94. The van der Waals surface area contributed by atoms with Gasteiger partial charge in [0.2, 0.25) is 5.88 Å². The Morgan fingerprint density at radius 3 is 2.80 bits per heavy atom. The Hall–Kier alpha value is -2.10. The van der Waals surface area contributed by atoms with Crippen molar-refractivity contribution in [1.82, 2.24) is 10.2 Å². The van der Waals surface area contributed by atoms with E-state index >= 15 is 0 Å². The van der Waals surface area contributed by atoms with E-state index in [1.807, 2.05) is 25.1 Å². The average Bonchev–Trinajstić information content (AvgIpc) is 2.26. The van der Waals surface area contributed by atoms with Gasteiger partial charge in [-0.15, -0.1) is 5.10 Å². The third-order valence-electron chi connectivity index (χ3n) is 2.09. The first-order valence-electron chi connectivity index (χ1n) is 4.58. The number of hydrogen-bond donors (Lipinski definition) is 1. The lowest BCUT2D eigenvalue weighted by Gasteiger charge is -2.08. The molecular weight excluding hydrogens is 190 g/mol. The van der Waals surface area contributed by atoms with Crippen molar-refractivity contribution in [3.05, 3.63) is 42.1 Å². The van der Waals surface area contributed by atoms with Gasteiger partial charge < -0.3 is 10.5 Å². The number of nitrogens with two attached hydrogens (primary N) is 1. The highest BCUT2D eigenvalue weighted by Crippen LogP contribution is 2.26. The van der Waals surface area contributed by atoms with Gasteiger partial charge in [0.25, 0.3) is 0 Å².